The van der Waals surface area contributed by atoms with Gasteiger partial charge < -0.3 is 4.74 Å². The molecule has 0 aliphatic heterocycles. The zero-order valence-electron chi connectivity index (χ0n) is 15.1. The van der Waals surface area contributed by atoms with E-state index >= 15 is 0 Å². The molecule has 0 spiro atoms. The van der Waals surface area contributed by atoms with Gasteiger partial charge in [0, 0.05) is 16.8 Å². The summed E-state index contributed by atoms with van der Waals surface area (Å²) in [5.74, 6) is 0.159. The summed E-state index contributed by atoms with van der Waals surface area (Å²) in [5, 5.41) is 14.0. The van der Waals surface area contributed by atoms with Gasteiger partial charge in [0.15, 0.2) is 5.82 Å². The van der Waals surface area contributed by atoms with Crippen molar-refractivity contribution in [2.24, 2.45) is 0 Å². The molecule has 0 atom stereocenters. The second-order valence-corrected chi connectivity index (χ2v) is 6.92. The molecule has 4 rings (SSSR count). The summed E-state index contributed by atoms with van der Waals surface area (Å²) < 4.78 is 6.83. The Balaban J connectivity index is 1.84. The van der Waals surface area contributed by atoms with Crippen LogP contribution in [0.1, 0.15) is 28.7 Å². The maximum absolute atomic E-state index is 12.2. The SMILES string of the molecule is CCOC(=O)c1cc(-c2nnc3sc(-c4ccccc4)nn23)c(C)nc1C. The maximum Gasteiger partial charge on any atom is 0.339 e. The first-order valence-corrected chi connectivity index (χ1v) is 9.33. The van der Waals surface area contributed by atoms with Gasteiger partial charge in [-0.3, -0.25) is 4.98 Å². The second kappa shape index (κ2) is 6.88. The van der Waals surface area contributed by atoms with E-state index in [2.05, 4.69) is 20.3 Å². The van der Waals surface area contributed by atoms with Crippen LogP contribution in [0.25, 0.3) is 26.9 Å². The summed E-state index contributed by atoms with van der Waals surface area (Å²) in [7, 11) is 0. The standard InChI is InChI=1S/C19H17N5O2S/c1-4-26-18(25)15-10-14(11(2)20-12(15)3)16-21-22-19-24(16)23-17(27-19)13-8-6-5-7-9-13/h5-10H,4H2,1-3H3. The van der Waals surface area contributed by atoms with Gasteiger partial charge in [0.1, 0.15) is 5.01 Å². The zero-order chi connectivity index (χ0) is 19.0. The van der Waals surface area contributed by atoms with Crippen LogP contribution in [0.15, 0.2) is 36.4 Å². The summed E-state index contributed by atoms with van der Waals surface area (Å²) in [4.78, 5) is 17.4. The number of hydrogen-bond acceptors (Lipinski definition) is 7. The fourth-order valence-corrected chi connectivity index (χ4v) is 3.69. The van der Waals surface area contributed by atoms with Crippen LogP contribution < -0.4 is 0 Å². The second-order valence-electron chi connectivity index (χ2n) is 5.97. The van der Waals surface area contributed by atoms with Crippen molar-refractivity contribution in [2.75, 3.05) is 6.61 Å². The van der Waals surface area contributed by atoms with Gasteiger partial charge in [0.25, 0.3) is 0 Å². The average Bonchev–Trinajstić information content (AvgIpc) is 3.24. The number of esters is 1. The minimum Gasteiger partial charge on any atom is -0.462 e. The van der Waals surface area contributed by atoms with Crippen LogP contribution >= 0.6 is 11.3 Å². The van der Waals surface area contributed by atoms with Crippen molar-refractivity contribution in [2.45, 2.75) is 20.8 Å². The largest absolute Gasteiger partial charge is 0.462 e. The molecular formula is C19H17N5O2S. The smallest absolute Gasteiger partial charge is 0.339 e. The highest BCUT2D eigenvalue weighted by Crippen LogP contribution is 2.29. The van der Waals surface area contributed by atoms with Gasteiger partial charge in [-0.1, -0.05) is 41.7 Å². The molecule has 1 aromatic carbocycles. The lowest BCUT2D eigenvalue weighted by Crippen LogP contribution is -2.09. The molecule has 0 bridgehead atoms. The van der Waals surface area contributed by atoms with E-state index in [1.165, 1.54) is 11.3 Å². The number of ether oxygens (including phenoxy) is 1. The van der Waals surface area contributed by atoms with Crippen LogP contribution in [0.3, 0.4) is 0 Å². The lowest BCUT2D eigenvalue weighted by Gasteiger charge is -2.09. The number of benzene rings is 1. The van der Waals surface area contributed by atoms with Crippen molar-refractivity contribution in [3.05, 3.63) is 53.3 Å². The van der Waals surface area contributed by atoms with Crippen LogP contribution in [0.5, 0.6) is 0 Å². The van der Waals surface area contributed by atoms with Crippen LogP contribution in [0, 0.1) is 13.8 Å². The van der Waals surface area contributed by atoms with E-state index in [0.717, 1.165) is 16.3 Å². The molecule has 0 fully saturated rings. The summed E-state index contributed by atoms with van der Waals surface area (Å²) in [6.45, 7) is 5.75. The topological polar surface area (TPSA) is 82.3 Å². The first kappa shape index (κ1) is 17.3. The molecule has 0 saturated carbocycles. The number of fused-ring (bicyclic) bond motifs is 1. The number of pyridine rings is 1. The number of aryl methyl sites for hydroxylation is 2. The Morgan fingerprint density at radius 3 is 2.67 bits per heavy atom. The first-order valence-electron chi connectivity index (χ1n) is 8.52. The Bertz CT molecular complexity index is 1130. The highest BCUT2D eigenvalue weighted by atomic mass is 32.1. The molecule has 27 heavy (non-hydrogen) atoms. The van der Waals surface area contributed by atoms with Crippen molar-refractivity contribution < 1.29 is 9.53 Å². The van der Waals surface area contributed by atoms with E-state index in [1.54, 1.807) is 24.4 Å². The van der Waals surface area contributed by atoms with Crippen LogP contribution in [0.4, 0.5) is 0 Å². The molecule has 8 heteroatoms. The molecule has 7 nitrogen and oxygen atoms in total. The molecule has 0 aliphatic carbocycles. The molecule has 3 aromatic heterocycles. The number of rotatable bonds is 4. The van der Waals surface area contributed by atoms with Crippen molar-refractivity contribution in [3.8, 4) is 22.0 Å². The molecule has 0 radical (unpaired) electrons. The van der Waals surface area contributed by atoms with Gasteiger partial charge in [-0.25, -0.2) is 4.79 Å². The Labute approximate surface area is 159 Å². The monoisotopic (exact) mass is 379 g/mol. The van der Waals surface area contributed by atoms with Gasteiger partial charge in [-0.15, -0.1) is 10.2 Å². The molecule has 0 aliphatic rings. The van der Waals surface area contributed by atoms with Crippen LogP contribution in [-0.4, -0.2) is 37.4 Å². The minimum absolute atomic E-state index is 0.309. The van der Waals surface area contributed by atoms with Crippen molar-refractivity contribution in [1.82, 2.24) is 24.8 Å². The van der Waals surface area contributed by atoms with Gasteiger partial charge >= 0.3 is 5.97 Å². The fourth-order valence-electron chi connectivity index (χ4n) is 2.85. The molecule has 0 saturated heterocycles. The van der Waals surface area contributed by atoms with Gasteiger partial charge in [-0.05, 0) is 26.8 Å². The highest BCUT2D eigenvalue weighted by Gasteiger charge is 2.20. The minimum atomic E-state index is -0.396. The summed E-state index contributed by atoms with van der Waals surface area (Å²) in [5.41, 5.74) is 3.53. The molecule has 3 heterocycles. The Kier molecular flexibility index (Phi) is 4.41. The summed E-state index contributed by atoms with van der Waals surface area (Å²) >= 11 is 1.46. The van der Waals surface area contributed by atoms with Crippen molar-refractivity contribution in [1.29, 1.82) is 0 Å². The molecule has 0 unspecified atom stereocenters. The summed E-state index contributed by atoms with van der Waals surface area (Å²) in [6.07, 6.45) is 0. The quantitative estimate of drug-likeness (QED) is 0.503. The maximum atomic E-state index is 12.2. The van der Waals surface area contributed by atoms with E-state index in [-0.39, 0.29) is 0 Å². The van der Waals surface area contributed by atoms with E-state index in [0.29, 0.717) is 34.2 Å². The number of hydrogen-bond donors (Lipinski definition) is 0. The predicted octanol–water partition coefficient (Wildman–Crippen LogP) is 3.71. The lowest BCUT2D eigenvalue weighted by atomic mass is 10.1. The zero-order valence-corrected chi connectivity index (χ0v) is 15.9. The molecule has 0 N–H and O–H groups in total. The normalized spacial score (nSPS) is 11.1. The third-order valence-corrected chi connectivity index (χ3v) is 5.10. The van der Waals surface area contributed by atoms with Gasteiger partial charge in [0.05, 0.1) is 17.9 Å². The summed E-state index contributed by atoms with van der Waals surface area (Å²) in [6, 6.07) is 11.7. The number of carbonyl (C=O) groups excluding carboxylic acids is 1. The molecule has 0 amide bonds. The lowest BCUT2D eigenvalue weighted by molar-refractivity contribution is 0.0525. The van der Waals surface area contributed by atoms with Gasteiger partial charge in [0.2, 0.25) is 4.96 Å². The Morgan fingerprint density at radius 2 is 1.93 bits per heavy atom. The van der Waals surface area contributed by atoms with E-state index in [9.17, 15) is 4.79 Å². The Hall–Kier alpha value is -3.13. The van der Waals surface area contributed by atoms with Crippen LogP contribution in [0.2, 0.25) is 0 Å². The number of aromatic nitrogens is 5. The third kappa shape index (κ3) is 3.08. The Morgan fingerprint density at radius 1 is 1.15 bits per heavy atom. The molecular weight excluding hydrogens is 362 g/mol. The predicted molar refractivity (Wildman–Crippen MR) is 103 cm³/mol. The van der Waals surface area contributed by atoms with Crippen molar-refractivity contribution in [3.63, 3.8) is 0 Å². The molecule has 4 aromatic rings. The van der Waals surface area contributed by atoms with Crippen molar-refractivity contribution >= 4 is 22.3 Å². The van der Waals surface area contributed by atoms with Gasteiger partial charge in [-0.2, -0.15) is 9.61 Å². The first-order chi connectivity index (χ1) is 13.1. The van der Waals surface area contributed by atoms with E-state index < -0.39 is 5.97 Å². The van der Waals surface area contributed by atoms with Crippen LogP contribution in [-0.2, 0) is 4.74 Å². The van der Waals surface area contributed by atoms with E-state index in [1.807, 2.05) is 37.3 Å². The van der Waals surface area contributed by atoms with E-state index in [4.69, 9.17) is 4.74 Å². The third-order valence-electron chi connectivity index (χ3n) is 4.15. The highest BCUT2D eigenvalue weighted by molar-refractivity contribution is 7.19. The number of carbonyl (C=O) groups is 1. The average molecular weight is 379 g/mol. The molecule has 136 valence electrons. The number of nitrogens with zero attached hydrogens (tertiary/aromatic N) is 5. The fraction of sp³-hybridized carbons (Fsp3) is 0.211.